The molecule has 0 aliphatic carbocycles. The number of hydrogen-bond donors (Lipinski definition) is 2. The van der Waals surface area contributed by atoms with Gasteiger partial charge >= 0.3 is 0 Å². The second-order valence-corrected chi connectivity index (χ2v) is 3.60. The highest BCUT2D eigenvalue weighted by molar-refractivity contribution is 5.31. The molecule has 0 saturated heterocycles. The molecule has 4 nitrogen and oxygen atoms in total. The molecule has 1 aromatic rings. The molecule has 72 valence electrons. The summed E-state index contributed by atoms with van der Waals surface area (Å²) in [6, 6.07) is 3.76. The summed E-state index contributed by atoms with van der Waals surface area (Å²) in [5.74, 6) is 0.811. The molecule has 0 radical (unpaired) electrons. The van der Waals surface area contributed by atoms with Crippen molar-refractivity contribution in [1.82, 2.24) is 15.5 Å². The normalized spacial score (nSPS) is 11.3. The van der Waals surface area contributed by atoms with E-state index >= 15 is 0 Å². The lowest BCUT2D eigenvalue weighted by Crippen LogP contribution is -2.42. The van der Waals surface area contributed by atoms with E-state index in [-0.39, 0.29) is 5.54 Å². The molecule has 0 aromatic carbocycles. The SMILES string of the molecule is CNC(C)(C)CNc1cccnn1. The van der Waals surface area contributed by atoms with Crippen LogP contribution in [0.2, 0.25) is 0 Å². The summed E-state index contributed by atoms with van der Waals surface area (Å²) in [6.45, 7) is 5.06. The summed E-state index contributed by atoms with van der Waals surface area (Å²) in [5.41, 5.74) is 0.0670. The van der Waals surface area contributed by atoms with Crippen LogP contribution in [0.1, 0.15) is 13.8 Å². The van der Waals surface area contributed by atoms with Gasteiger partial charge in [-0.15, -0.1) is 5.10 Å². The first-order chi connectivity index (χ1) is 6.14. The molecule has 0 bridgehead atoms. The molecule has 0 amide bonds. The largest absolute Gasteiger partial charge is 0.367 e. The second-order valence-electron chi connectivity index (χ2n) is 3.60. The fourth-order valence-electron chi connectivity index (χ4n) is 0.796. The number of nitrogens with zero attached hydrogens (tertiary/aromatic N) is 2. The van der Waals surface area contributed by atoms with Gasteiger partial charge in [-0.25, -0.2) is 0 Å². The van der Waals surface area contributed by atoms with Gasteiger partial charge in [-0.2, -0.15) is 5.10 Å². The van der Waals surface area contributed by atoms with Crippen molar-refractivity contribution in [2.45, 2.75) is 19.4 Å². The molecule has 0 spiro atoms. The third-order valence-corrected chi connectivity index (χ3v) is 1.96. The van der Waals surface area contributed by atoms with E-state index in [0.717, 1.165) is 12.4 Å². The van der Waals surface area contributed by atoms with E-state index in [0.29, 0.717) is 0 Å². The van der Waals surface area contributed by atoms with Crippen LogP contribution in [0.25, 0.3) is 0 Å². The van der Waals surface area contributed by atoms with Crippen molar-refractivity contribution in [1.29, 1.82) is 0 Å². The lowest BCUT2D eigenvalue weighted by molar-refractivity contribution is 0.447. The third kappa shape index (κ3) is 3.38. The van der Waals surface area contributed by atoms with Crippen LogP contribution in [0.4, 0.5) is 5.82 Å². The Morgan fingerprint density at radius 3 is 2.77 bits per heavy atom. The van der Waals surface area contributed by atoms with Gasteiger partial charge in [0.05, 0.1) is 0 Å². The zero-order valence-electron chi connectivity index (χ0n) is 8.33. The summed E-state index contributed by atoms with van der Waals surface area (Å²) < 4.78 is 0. The topological polar surface area (TPSA) is 49.8 Å². The summed E-state index contributed by atoms with van der Waals surface area (Å²) in [6.07, 6.45) is 1.66. The average molecular weight is 180 g/mol. The van der Waals surface area contributed by atoms with Crippen LogP contribution in [0.3, 0.4) is 0 Å². The lowest BCUT2D eigenvalue weighted by Gasteiger charge is -2.24. The van der Waals surface area contributed by atoms with E-state index in [1.54, 1.807) is 6.20 Å². The highest BCUT2D eigenvalue weighted by Gasteiger charge is 2.13. The number of aromatic nitrogens is 2. The van der Waals surface area contributed by atoms with E-state index in [2.05, 4.69) is 34.7 Å². The monoisotopic (exact) mass is 180 g/mol. The first-order valence-electron chi connectivity index (χ1n) is 4.34. The van der Waals surface area contributed by atoms with E-state index in [1.807, 2.05) is 19.2 Å². The smallest absolute Gasteiger partial charge is 0.148 e. The standard InChI is InChI=1S/C9H16N4/c1-9(2,10-3)7-11-8-5-4-6-12-13-8/h4-6,10H,7H2,1-3H3,(H,11,13). The van der Waals surface area contributed by atoms with E-state index in [4.69, 9.17) is 0 Å². The Kier molecular flexibility index (Phi) is 3.19. The van der Waals surface area contributed by atoms with E-state index in [1.165, 1.54) is 0 Å². The van der Waals surface area contributed by atoms with Gasteiger partial charge in [0.1, 0.15) is 5.82 Å². The van der Waals surface area contributed by atoms with Gasteiger partial charge in [-0.05, 0) is 33.0 Å². The van der Waals surface area contributed by atoms with Crippen molar-refractivity contribution < 1.29 is 0 Å². The molecule has 0 saturated carbocycles. The minimum atomic E-state index is 0.0670. The van der Waals surface area contributed by atoms with Crippen LogP contribution in [0.5, 0.6) is 0 Å². The van der Waals surface area contributed by atoms with Crippen LogP contribution in [-0.2, 0) is 0 Å². The van der Waals surface area contributed by atoms with Crippen molar-refractivity contribution in [2.75, 3.05) is 18.9 Å². The summed E-state index contributed by atoms with van der Waals surface area (Å²) in [7, 11) is 1.94. The van der Waals surface area contributed by atoms with Crippen LogP contribution < -0.4 is 10.6 Å². The maximum absolute atomic E-state index is 3.93. The predicted molar refractivity (Wildman–Crippen MR) is 53.7 cm³/mol. The Balaban J connectivity index is 2.44. The van der Waals surface area contributed by atoms with Crippen LogP contribution in [-0.4, -0.2) is 29.3 Å². The Hall–Kier alpha value is -1.16. The summed E-state index contributed by atoms with van der Waals surface area (Å²) >= 11 is 0. The maximum Gasteiger partial charge on any atom is 0.148 e. The zero-order chi connectivity index (χ0) is 9.73. The summed E-state index contributed by atoms with van der Waals surface area (Å²) in [5, 5.41) is 14.1. The van der Waals surface area contributed by atoms with Gasteiger partial charge in [0.2, 0.25) is 0 Å². The average Bonchev–Trinajstić information content (AvgIpc) is 2.17. The van der Waals surface area contributed by atoms with Crippen molar-refractivity contribution in [3.63, 3.8) is 0 Å². The highest BCUT2D eigenvalue weighted by atomic mass is 15.2. The summed E-state index contributed by atoms with van der Waals surface area (Å²) in [4.78, 5) is 0. The van der Waals surface area contributed by atoms with Crippen molar-refractivity contribution in [3.05, 3.63) is 18.3 Å². The van der Waals surface area contributed by atoms with Gasteiger partial charge in [-0.3, -0.25) is 0 Å². The molecule has 1 heterocycles. The molecular formula is C9H16N4. The highest BCUT2D eigenvalue weighted by Crippen LogP contribution is 2.03. The third-order valence-electron chi connectivity index (χ3n) is 1.96. The molecule has 4 heteroatoms. The van der Waals surface area contributed by atoms with Gasteiger partial charge in [0, 0.05) is 18.3 Å². The van der Waals surface area contributed by atoms with Crippen molar-refractivity contribution in [2.24, 2.45) is 0 Å². The zero-order valence-corrected chi connectivity index (χ0v) is 8.33. The molecule has 0 fully saturated rings. The fraction of sp³-hybridized carbons (Fsp3) is 0.556. The van der Waals surface area contributed by atoms with E-state index < -0.39 is 0 Å². The molecule has 0 atom stereocenters. The van der Waals surface area contributed by atoms with Crippen molar-refractivity contribution >= 4 is 5.82 Å². The van der Waals surface area contributed by atoms with Gasteiger partial charge in [-0.1, -0.05) is 0 Å². The van der Waals surface area contributed by atoms with Gasteiger partial charge < -0.3 is 10.6 Å². The Labute approximate surface area is 78.8 Å². The Morgan fingerprint density at radius 1 is 1.46 bits per heavy atom. The van der Waals surface area contributed by atoms with E-state index in [9.17, 15) is 0 Å². The Morgan fingerprint density at radius 2 is 2.23 bits per heavy atom. The minimum absolute atomic E-state index is 0.0670. The minimum Gasteiger partial charge on any atom is -0.367 e. The van der Waals surface area contributed by atoms with Crippen LogP contribution in [0, 0.1) is 0 Å². The molecule has 0 aliphatic heterocycles. The van der Waals surface area contributed by atoms with Gasteiger partial charge in [0.15, 0.2) is 0 Å². The number of hydrogen-bond acceptors (Lipinski definition) is 4. The van der Waals surface area contributed by atoms with Crippen LogP contribution in [0.15, 0.2) is 18.3 Å². The molecule has 13 heavy (non-hydrogen) atoms. The number of anilines is 1. The molecule has 0 aliphatic rings. The lowest BCUT2D eigenvalue weighted by atomic mass is 10.1. The number of rotatable bonds is 4. The predicted octanol–water partition coefficient (Wildman–Crippen LogP) is 0.886. The van der Waals surface area contributed by atoms with Gasteiger partial charge in [0.25, 0.3) is 0 Å². The first kappa shape index (κ1) is 9.92. The number of likely N-dealkylation sites (N-methyl/N-ethyl adjacent to an activating group) is 1. The second kappa shape index (κ2) is 4.18. The Bertz CT molecular complexity index is 245. The quantitative estimate of drug-likeness (QED) is 0.722. The first-order valence-corrected chi connectivity index (χ1v) is 4.34. The molecule has 1 aromatic heterocycles. The number of nitrogens with one attached hydrogen (secondary N) is 2. The molecule has 1 rings (SSSR count). The fourth-order valence-corrected chi connectivity index (χ4v) is 0.796. The molecule has 0 unspecified atom stereocenters. The van der Waals surface area contributed by atoms with Crippen LogP contribution >= 0.6 is 0 Å². The molecule has 2 N–H and O–H groups in total. The van der Waals surface area contributed by atoms with Crippen molar-refractivity contribution in [3.8, 4) is 0 Å². The molecular weight excluding hydrogens is 164 g/mol. The maximum atomic E-state index is 3.93.